The van der Waals surface area contributed by atoms with Gasteiger partial charge in [-0.15, -0.1) is 0 Å². The molecule has 0 aromatic carbocycles. The molecule has 0 amide bonds. The number of aromatic amines is 1. The normalized spacial score (nSPS) is 13.6. The number of allylic oxidation sites excluding steroid dienone is 1. The van der Waals surface area contributed by atoms with E-state index in [1.54, 1.807) is 6.08 Å². The highest BCUT2D eigenvalue weighted by atomic mass is 16.1. The zero-order valence-corrected chi connectivity index (χ0v) is 5.29. The van der Waals surface area contributed by atoms with E-state index in [0.29, 0.717) is 5.56 Å². The monoisotopic (exact) mass is 134 g/mol. The van der Waals surface area contributed by atoms with E-state index in [1.165, 1.54) is 6.33 Å². The first kappa shape index (κ1) is 5.41. The highest BCUT2D eigenvalue weighted by Crippen LogP contribution is 2.10. The highest BCUT2D eigenvalue weighted by Gasteiger charge is 2.07. The van der Waals surface area contributed by atoms with Crippen LogP contribution in [0.5, 0.6) is 0 Å². The van der Waals surface area contributed by atoms with Crippen molar-refractivity contribution in [3.05, 3.63) is 34.0 Å². The number of nitrogens with one attached hydrogen (secondary N) is 1. The van der Waals surface area contributed by atoms with Gasteiger partial charge in [0, 0.05) is 6.42 Å². The van der Waals surface area contributed by atoms with E-state index < -0.39 is 0 Å². The van der Waals surface area contributed by atoms with Gasteiger partial charge >= 0.3 is 0 Å². The zero-order chi connectivity index (χ0) is 6.97. The molecule has 1 N–H and O–H groups in total. The molecule has 0 unspecified atom stereocenters. The molecular formula is C7H6N2O. The maximum Gasteiger partial charge on any atom is 0.258 e. The Balaban J connectivity index is 2.79. The van der Waals surface area contributed by atoms with Crippen LogP contribution in [0.25, 0.3) is 6.08 Å². The molecule has 1 aromatic heterocycles. The molecule has 0 atom stereocenters. The van der Waals surface area contributed by atoms with Gasteiger partial charge in [-0.1, -0.05) is 12.2 Å². The minimum absolute atomic E-state index is 0.0428. The van der Waals surface area contributed by atoms with Crippen LogP contribution >= 0.6 is 0 Å². The lowest BCUT2D eigenvalue weighted by atomic mass is 10.3. The van der Waals surface area contributed by atoms with Gasteiger partial charge in [0.2, 0.25) is 0 Å². The van der Waals surface area contributed by atoms with Gasteiger partial charge in [-0.3, -0.25) is 4.79 Å². The fraction of sp³-hybridized carbons (Fsp3) is 0.143. The third-order valence-corrected chi connectivity index (χ3v) is 1.57. The van der Waals surface area contributed by atoms with Gasteiger partial charge in [0.05, 0.1) is 17.6 Å². The van der Waals surface area contributed by atoms with E-state index in [4.69, 9.17) is 0 Å². The topological polar surface area (TPSA) is 45.8 Å². The van der Waals surface area contributed by atoms with Crippen LogP contribution in [-0.2, 0) is 6.42 Å². The van der Waals surface area contributed by atoms with Crippen LogP contribution < -0.4 is 5.56 Å². The second-order valence-corrected chi connectivity index (χ2v) is 2.20. The summed E-state index contributed by atoms with van der Waals surface area (Å²) in [4.78, 5) is 17.5. The molecule has 3 heteroatoms. The second kappa shape index (κ2) is 1.80. The minimum atomic E-state index is -0.0428. The third-order valence-electron chi connectivity index (χ3n) is 1.57. The fourth-order valence-electron chi connectivity index (χ4n) is 1.07. The quantitative estimate of drug-likeness (QED) is 0.556. The summed E-state index contributed by atoms with van der Waals surface area (Å²) in [5.74, 6) is 0. The predicted octanol–water partition coefficient (Wildman–Crippen LogP) is 0.339. The van der Waals surface area contributed by atoms with Crippen molar-refractivity contribution in [3.8, 4) is 0 Å². The van der Waals surface area contributed by atoms with Gasteiger partial charge in [-0.2, -0.15) is 0 Å². The van der Waals surface area contributed by atoms with Crippen LogP contribution in [0.2, 0.25) is 0 Å². The summed E-state index contributed by atoms with van der Waals surface area (Å²) in [6.45, 7) is 0. The largest absolute Gasteiger partial charge is 0.313 e. The smallest absolute Gasteiger partial charge is 0.258 e. The summed E-state index contributed by atoms with van der Waals surface area (Å²) >= 11 is 0. The lowest BCUT2D eigenvalue weighted by Gasteiger charge is -1.91. The summed E-state index contributed by atoms with van der Waals surface area (Å²) < 4.78 is 0. The Hall–Kier alpha value is -1.38. The molecule has 0 fully saturated rings. The summed E-state index contributed by atoms with van der Waals surface area (Å²) in [7, 11) is 0. The molecule has 1 aliphatic carbocycles. The highest BCUT2D eigenvalue weighted by molar-refractivity contribution is 5.56. The molecule has 0 saturated carbocycles. The van der Waals surface area contributed by atoms with Crippen molar-refractivity contribution in [3.63, 3.8) is 0 Å². The number of hydrogen-bond acceptors (Lipinski definition) is 2. The van der Waals surface area contributed by atoms with Crippen molar-refractivity contribution < 1.29 is 0 Å². The first-order valence-electron chi connectivity index (χ1n) is 3.11. The van der Waals surface area contributed by atoms with Crippen molar-refractivity contribution in [1.29, 1.82) is 0 Å². The van der Waals surface area contributed by atoms with Crippen molar-refractivity contribution in [2.24, 2.45) is 0 Å². The Morgan fingerprint density at radius 1 is 1.60 bits per heavy atom. The molecular weight excluding hydrogens is 128 g/mol. The van der Waals surface area contributed by atoms with Crippen molar-refractivity contribution in [2.75, 3.05) is 0 Å². The van der Waals surface area contributed by atoms with Crippen molar-refractivity contribution >= 4 is 6.08 Å². The fourth-order valence-corrected chi connectivity index (χ4v) is 1.07. The average Bonchev–Trinajstić information content (AvgIpc) is 2.36. The Kier molecular flexibility index (Phi) is 0.974. The molecule has 2 rings (SSSR count). The molecule has 0 spiro atoms. The SMILES string of the molecule is O=c1[nH]cnc2c1C=CC2. The molecule has 50 valence electrons. The van der Waals surface area contributed by atoms with E-state index in [9.17, 15) is 4.79 Å². The van der Waals surface area contributed by atoms with E-state index in [2.05, 4.69) is 9.97 Å². The molecule has 1 heterocycles. The van der Waals surface area contributed by atoms with Gasteiger partial charge in [0.25, 0.3) is 5.56 Å². The standard InChI is InChI=1S/C7H6N2O/c10-7-5-2-1-3-6(5)8-4-9-7/h1-2,4H,3H2,(H,8,9,10). The maximum atomic E-state index is 11.0. The first-order chi connectivity index (χ1) is 4.88. The Morgan fingerprint density at radius 3 is 3.30 bits per heavy atom. The molecule has 1 aromatic rings. The lowest BCUT2D eigenvalue weighted by Crippen LogP contribution is -2.10. The van der Waals surface area contributed by atoms with Gasteiger partial charge < -0.3 is 4.98 Å². The summed E-state index contributed by atoms with van der Waals surface area (Å²) in [5, 5.41) is 0. The van der Waals surface area contributed by atoms with Gasteiger partial charge in [-0.25, -0.2) is 4.98 Å². The Bertz CT molecular complexity index is 338. The van der Waals surface area contributed by atoms with Crippen molar-refractivity contribution in [2.45, 2.75) is 6.42 Å². The van der Waals surface area contributed by atoms with Crippen LogP contribution in [0.1, 0.15) is 11.3 Å². The summed E-state index contributed by atoms with van der Waals surface area (Å²) in [5.41, 5.74) is 1.55. The molecule has 3 nitrogen and oxygen atoms in total. The molecule has 0 aliphatic heterocycles. The van der Waals surface area contributed by atoms with E-state index in [1.807, 2.05) is 6.08 Å². The van der Waals surface area contributed by atoms with E-state index in [0.717, 1.165) is 12.1 Å². The number of rotatable bonds is 0. The first-order valence-corrected chi connectivity index (χ1v) is 3.11. The number of hydrogen-bond donors (Lipinski definition) is 1. The Labute approximate surface area is 57.4 Å². The average molecular weight is 134 g/mol. The zero-order valence-electron chi connectivity index (χ0n) is 5.29. The lowest BCUT2D eigenvalue weighted by molar-refractivity contribution is 1.03. The van der Waals surface area contributed by atoms with Crippen LogP contribution in [-0.4, -0.2) is 9.97 Å². The second-order valence-electron chi connectivity index (χ2n) is 2.20. The van der Waals surface area contributed by atoms with E-state index >= 15 is 0 Å². The third kappa shape index (κ3) is 0.603. The summed E-state index contributed by atoms with van der Waals surface area (Å²) in [6, 6.07) is 0. The molecule has 0 radical (unpaired) electrons. The van der Waals surface area contributed by atoms with Gasteiger partial charge in [0.15, 0.2) is 0 Å². The van der Waals surface area contributed by atoms with Crippen LogP contribution in [0, 0.1) is 0 Å². The molecule has 10 heavy (non-hydrogen) atoms. The number of fused-ring (bicyclic) bond motifs is 1. The van der Waals surface area contributed by atoms with Gasteiger partial charge in [0.1, 0.15) is 0 Å². The molecule has 1 aliphatic rings. The van der Waals surface area contributed by atoms with Crippen LogP contribution in [0.15, 0.2) is 17.2 Å². The number of nitrogens with zero attached hydrogens (tertiary/aromatic N) is 1. The summed E-state index contributed by atoms with van der Waals surface area (Å²) in [6.07, 6.45) is 5.97. The molecule has 0 bridgehead atoms. The predicted molar refractivity (Wildman–Crippen MR) is 37.6 cm³/mol. The molecule has 0 saturated heterocycles. The van der Waals surface area contributed by atoms with E-state index in [-0.39, 0.29) is 5.56 Å². The number of aromatic nitrogens is 2. The number of H-pyrrole nitrogens is 1. The van der Waals surface area contributed by atoms with Crippen LogP contribution in [0.4, 0.5) is 0 Å². The van der Waals surface area contributed by atoms with Gasteiger partial charge in [-0.05, 0) is 0 Å². The minimum Gasteiger partial charge on any atom is -0.313 e. The van der Waals surface area contributed by atoms with Crippen molar-refractivity contribution in [1.82, 2.24) is 9.97 Å². The Morgan fingerprint density at radius 2 is 2.50 bits per heavy atom. The van der Waals surface area contributed by atoms with Crippen LogP contribution in [0.3, 0.4) is 0 Å². The maximum absolute atomic E-state index is 11.0.